The fourth-order valence-electron chi connectivity index (χ4n) is 2.11. The normalized spacial score (nSPS) is 17.3. The van der Waals surface area contributed by atoms with Crippen molar-refractivity contribution in [3.63, 3.8) is 0 Å². The molecule has 0 aliphatic carbocycles. The lowest BCUT2D eigenvalue weighted by Crippen LogP contribution is -2.24. The van der Waals surface area contributed by atoms with Crippen molar-refractivity contribution in [3.8, 4) is 5.75 Å². The van der Waals surface area contributed by atoms with Crippen LogP contribution in [0.25, 0.3) is 0 Å². The van der Waals surface area contributed by atoms with Crippen LogP contribution in [-0.2, 0) is 0 Å². The summed E-state index contributed by atoms with van der Waals surface area (Å²) < 4.78 is 7.02. The van der Waals surface area contributed by atoms with Crippen LogP contribution in [0.5, 0.6) is 5.75 Å². The molecule has 0 fully saturated rings. The Morgan fingerprint density at radius 1 is 1.21 bits per heavy atom. The van der Waals surface area contributed by atoms with Crippen molar-refractivity contribution in [1.82, 2.24) is 0 Å². The number of anilines is 1. The molecule has 5 heteroatoms. The molecule has 19 heavy (non-hydrogen) atoms. The zero-order valence-corrected chi connectivity index (χ0v) is 12.9. The van der Waals surface area contributed by atoms with Gasteiger partial charge in [-0.3, -0.25) is 0 Å². The van der Waals surface area contributed by atoms with E-state index in [0.717, 1.165) is 15.7 Å². The van der Waals surface area contributed by atoms with E-state index in [-0.39, 0.29) is 6.10 Å². The Balaban J connectivity index is 1.97. The van der Waals surface area contributed by atoms with Crippen LogP contribution in [0.3, 0.4) is 0 Å². The molecule has 1 heterocycles. The Hall–Kier alpha value is -0.900. The fourth-order valence-corrected chi connectivity index (χ4v) is 3.19. The summed E-state index contributed by atoms with van der Waals surface area (Å²) in [6, 6.07) is 11.5. The Morgan fingerprint density at radius 3 is 2.79 bits per heavy atom. The van der Waals surface area contributed by atoms with Crippen LogP contribution < -0.4 is 10.1 Å². The van der Waals surface area contributed by atoms with Gasteiger partial charge in [0, 0.05) is 15.1 Å². The molecule has 98 valence electrons. The minimum absolute atomic E-state index is 0.0817. The maximum atomic E-state index is 6.18. The lowest BCUT2D eigenvalue weighted by Gasteiger charge is -2.29. The summed E-state index contributed by atoms with van der Waals surface area (Å²) in [4.78, 5) is 0. The van der Waals surface area contributed by atoms with E-state index < -0.39 is 0 Å². The smallest absolute Gasteiger partial charge is 0.162 e. The van der Waals surface area contributed by atoms with Gasteiger partial charge in [0.25, 0.3) is 0 Å². The molecular weight excluding hydrogens is 349 g/mol. The van der Waals surface area contributed by atoms with Crippen molar-refractivity contribution >= 4 is 44.8 Å². The Bertz CT molecular complexity index is 633. The third-order valence-electron chi connectivity index (χ3n) is 3.00. The van der Waals surface area contributed by atoms with Gasteiger partial charge in [0.05, 0.1) is 17.3 Å². The van der Waals surface area contributed by atoms with Gasteiger partial charge < -0.3 is 10.1 Å². The van der Waals surface area contributed by atoms with E-state index >= 15 is 0 Å². The first-order chi connectivity index (χ1) is 9.15. The molecule has 3 rings (SSSR count). The number of halogens is 3. The maximum Gasteiger partial charge on any atom is 0.162 e. The van der Waals surface area contributed by atoms with E-state index in [2.05, 4.69) is 21.2 Å². The molecule has 0 saturated carbocycles. The van der Waals surface area contributed by atoms with Crippen LogP contribution in [0.15, 0.2) is 40.9 Å². The predicted molar refractivity (Wildman–Crippen MR) is 82.5 cm³/mol. The van der Waals surface area contributed by atoms with E-state index in [1.807, 2.05) is 30.3 Å². The Labute approximate surface area is 129 Å². The van der Waals surface area contributed by atoms with Gasteiger partial charge in [-0.2, -0.15) is 0 Å². The van der Waals surface area contributed by atoms with Crippen LogP contribution in [0.4, 0.5) is 5.69 Å². The Kier molecular flexibility index (Phi) is 3.61. The first-order valence-corrected chi connectivity index (χ1v) is 7.34. The monoisotopic (exact) mass is 357 g/mol. The van der Waals surface area contributed by atoms with Gasteiger partial charge in [-0.15, -0.1) is 0 Å². The molecule has 0 bridgehead atoms. The standard InChI is InChI=1S/C14H10BrCl2NO/c15-10-4-2-1-3-9(10)13-7-18-12-6-8(16)5-11(17)14(12)19-13/h1-6,13,18H,7H2. The maximum absolute atomic E-state index is 6.18. The molecule has 0 amide bonds. The number of benzene rings is 2. The zero-order valence-electron chi connectivity index (χ0n) is 9.79. The highest BCUT2D eigenvalue weighted by Gasteiger charge is 2.24. The van der Waals surface area contributed by atoms with E-state index in [0.29, 0.717) is 22.3 Å². The third kappa shape index (κ3) is 2.55. The van der Waals surface area contributed by atoms with Crippen molar-refractivity contribution in [2.45, 2.75) is 6.10 Å². The molecule has 2 aromatic carbocycles. The molecule has 1 aliphatic rings. The zero-order chi connectivity index (χ0) is 13.4. The summed E-state index contributed by atoms with van der Waals surface area (Å²) in [6.07, 6.45) is -0.0817. The summed E-state index contributed by atoms with van der Waals surface area (Å²) in [7, 11) is 0. The molecule has 0 radical (unpaired) electrons. The predicted octanol–water partition coefficient (Wildman–Crippen LogP) is 5.30. The summed E-state index contributed by atoms with van der Waals surface area (Å²) in [5.41, 5.74) is 1.92. The molecular formula is C14H10BrCl2NO. The van der Waals surface area contributed by atoms with Crippen molar-refractivity contribution < 1.29 is 4.74 Å². The van der Waals surface area contributed by atoms with E-state index in [1.165, 1.54) is 0 Å². The van der Waals surface area contributed by atoms with Gasteiger partial charge in [-0.05, 0) is 18.2 Å². The highest BCUT2D eigenvalue weighted by atomic mass is 79.9. The summed E-state index contributed by atoms with van der Waals surface area (Å²) >= 11 is 15.7. The lowest BCUT2D eigenvalue weighted by molar-refractivity contribution is 0.210. The molecule has 1 N–H and O–H groups in total. The largest absolute Gasteiger partial charge is 0.480 e. The van der Waals surface area contributed by atoms with Crippen LogP contribution in [0.2, 0.25) is 10.0 Å². The molecule has 2 nitrogen and oxygen atoms in total. The number of fused-ring (bicyclic) bond motifs is 1. The quantitative estimate of drug-likeness (QED) is 0.746. The molecule has 0 spiro atoms. The molecule has 0 saturated heterocycles. The average molecular weight is 359 g/mol. The SMILES string of the molecule is Clc1cc(Cl)c2c(c1)NCC(c1ccccc1Br)O2. The molecule has 1 atom stereocenters. The van der Waals surface area contributed by atoms with Gasteiger partial charge in [0.1, 0.15) is 6.10 Å². The summed E-state index contributed by atoms with van der Waals surface area (Å²) in [5.74, 6) is 0.651. The molecule has 0 aromatic heterocycles. The second-order valence-corrected chi connectivity index (χ2v) is 5.97. The van der Waals surface area contributed by atoms with E-state index in [9.17, 15) is 0 Å². The molecule has 2 aromatic rings. The minimum atomic E-state index is -0.0817. The van der Waals surface area contributed by atoms with Gasteiger partial charge in [0.15, 0.2) is 5.75 Å². The lowest BCUT2D eigenvalue weighted by atomic mass is 10.1. The number of nitrogens with one attached hydrogen (secondary N) is 1. The van der Waals surface area contributed by atoms with Crippen LogP contribution in [0.1, 0.15) is 11.7 Å². The molecule has 1 unspecified atom stereocenters. The first-order valence-electron chi connectivity index (χ1n) is 5.79. The van der Waals surface area contributed by atoms with Crippen LogP contribution >= 0.6 is 39.1 Å². The average Bonchev–Trinajstić information content (AvgIpc) is 2.39. The minimum Gasteiger partial charge on any atom is -0.480 e. The molecule has 1 aliphatic heterocycles. The topological polar surface area (TPSA) is 21.3 Å². The highest BCUT2D eigenvalue weighted by Crippen LogP contribution is 2.42. The highest BCUT2D eigenvalue weighted by molar-refractivity contribution is 9.10. The van der Waals surface area contributed by atoms with Crippen molar-refractivity contribution in [1.29, 1.82) is 0 Å². The van der Waals surface area contributed by atoms with Crippen LogP contribution in [0, 0.1) is 0 Å². The third-order valence-corrected chi connectivity index (χ3v) is 4.22. The second kappa shape index (κ2) is 5.23. The second-order valence-electron chi connectivity index (χ2n) is 4.27. The van der Waals surface area contributed by atoms with Crippen molar-refractivity contribution in [2.24, 2.45) is 0 Å². The fraction of sp³-hybridized carbons (Fsp3) is 0.143. The van der Waals surface area contributed by atoms with Crippen molar-refractivity contribution in [2.75, 3.05) is 11.9 Å². The van der Waals surface area contributed by atoms with Crippen LogP contribution in [-0.4, -0.2) is 6.54 Å². The van der Waals surface area contributed by atoms with Gasteiger partial charge in [-0.1, -0.05) is 57.3 Å². The first kappa shape index (κ1) is 13.1. The van der Waals surface area contributed by atoms with Gasteiger partial charge >= 0.3 is 0 Å². The summed E-state index contributed by atoms with van der Waals surface area (Å²) in [5, 5.41) is 4.42. The van der Waals surface area contributed by atoms with E-state index in [1.54, 1.807) is 6.07 Å². The Morgan fingerprint density at radius 2 is 2.00 bits per heavy atom. The van der Waals surface area contributed by atoms with E-state index in [4.69, 9.17) is 27.9 Å². The van der Waals surface area contributed by atoms with Gasteiger partial charge in [-0.25, -0.2) is 0 Å². The number of hydrogen-bond acceptors (Lipinski definition) is 2. The number of rotatable bonds is 1. The summed E-state index contributed by atoms with van der Waals surface area (Å²) in [6.45, 7) is 0.673. The number of ether oxygens (including phenoxy) is 1. The van der Waals surface area contributed by atoms with Gasteiger partial charge in [0.2, 0.25) is 0 Å². The van der Waals surface area contributed by atoms with Crippen molar-refractivity contribution in [3.05, 3.63) is 56.5 Å². The number of hydrogen-bond donors (Lipinski definition) is 1.